The fourth-order valence-electron chi connectivity index (χ4n) is 0.543. The van der Waals surface area contributed by atoms with Gasteiger partial charge in [0.05, 0.1) is 10.8 Å². The van der Waals surface area contributed by atoms with Gasteiger partial charge >= 0.3 is 0 Å². The zero-order chi connectivity index (χ0) is 6.69. The molecule has 1 aromatic rings. The average molecular weight is 160 g/mol. The van der Waals surface area contributed by atoms with E-state index in [0.29, 0.717) is 0 Å². The van der Waals surface area contributed by atoms with E-state index in [9.17, 15) is 0 Å². The van der Waals surface area contributed by atoms with E-state index in [1.54, 1.807) is 23.1 Å². The number of hydrogen-bond donors (Lipinski definition) is 1. The molecule has 1 N–H and O–H groups in total. The van der Waals surface area contributed by atoms with Gasteiger partial charge < -0.3 is 5.11 Å². The van der Waals surface area contributed by atoms with Crippen molar-refractivity contribution in [2.45, 2.75) is 10.8 Å². The van der Waals surface area contributed by atoms with Gasteiger partial charge in [-0.1, -0.05) is 0 Å². The monoisotopic (exact) mass is 160 g/mol. The Morgan fingerprint density at radius 3 is 2.89 bits per heavy atom. The second-order valence-electron chi connectivity index (χ2n) is 1.64. The summed E-state index contributed by atoms with van der Waals surface area (Å²) in [5.41, 5.74) is 1.02. The molecule has 0 saturated carbocycles. The summed E-state index contributed by atoms with van der Waals surface area (Å²) in [6, 6.07) is 2.01. The Bertz CT molecular complexity index is 164. The van der Waals surface area contributed by atoms with Gasteiger partial charge in [-0.2, -0.15) is 0 Å². The second kappa shape index (κ2) is 3.25. The highest BCUT2D eigenvalue weighted by molar-refractivity contribution is 8.00. The van der Waals surface area contributed by atoms with Crippen LogP contribution in [0.2, 0.25) is 0 Å². The van der Waals surface area contributed by atoms with E-state index in [-0.39, 0.29) is 6.61 Å². The lowest BCUT2D eigenvalue weighted by Gasteiger charge is -1.83. The first-order valence-corrected chi connectivity index (χ1v) is 4.69. The number of rotatable bonds is 2. The highest BCUT2D eigenvalue weighted by Crippen LogP contribution is 2.23. The minimum atomic E-state index is 0.164. The van der Waals surface area contributed by atoms with E-state index in [2.05, 4.69) is 0 Å². The lowest BCUT2D eigenvalue weighted by atomic mass is 10.4. The smallest absolute Gasteiger partial charge is 0.0690 e. The predicted molar refractivity (Wildman–Crippen MR) is 42.0 cm³/mol. The maximum Gasteiger partial charge on any atom is 0.0690 e. The summed E-state index contributed by atoms with van der Waals surface area (Å²) >= 11 is 3.39. The Morgan fingerprint density at radius 2 is 2.56 bits per heavy atom. The molecule has 0 saturated heterocycles. The van der Waals surface area contributed by atoms with Crippen LogP contribution in [0.5, 0.6) is 0 Å². The molecule has 1 heterocycles. The standard InChI is InChI=1S/C6H8OS2/c1-8-6-2-5(3-7)4-9-6/h2,4,7H,3H2,1H3. The van der Waals surface area contributed by atoms with Crippen LogP contribution in [0.15, 0.2) is 15.7 Å². The van der Waals surface area contributed by atoms with Crippen molar-refractivity contribution in [1.29, 1.82) is 0 Å². The number of thiophene rings is 1. The summed E-state index contributed by atoms with van der Waals surface area (Å²) in [4.78, 5) is 0. The number of aliphatic hydroxyl groups excluding tert-OH is 1. The van der Waals surface area contributed by atoms with Crippen molar-refractivity contribution in [2.24, 2.45) is 0 Å². The molecule has 3 heteroatoms. The SMILES string of the molecule is CSc1cc(CO)cs1. The molecule has 0 aromatic carbocycles. The number of aliphatic hydroxyl groups is 1. The summed E-state index contributed by atoms with van der Waals surface area (Å²) < 4.78 is 1.26. The van der Waals surface area contributed by atoms with Gasteiger partial charge in [0.25, 0.3) is 0 Å². The zero-order valence-corrected chi connectivity index (χ0v) is 6.76. The van der Waals surface area contributed by atoms with Gasteiger partial charge in [-0.05, 0) is 23.3 Å². The molecule has 0 fully saturated rings. The van der Waals surface area contributed by atoms with E-state index < -0.39 is 0 Å². The molecule has 0 atom stereocenters. The maximum atomic E-state index is 8.64. The molecule has 0 aliphatic carbocycles. The summed E-state index contributed by atoms with van der Waals surface area (Å²) in [5, 5.41) is 10.6. The molecule has 9 heavy (non-hydrogen) atoms. The first kappa shape index (κ1) is 7.12. The van der Waals surface area contributed by atoms with Gasteiger partial charge in [0.1, 0.15) is 0 Å². The molecule has 1 aromatic heterocycles. The molecule has 0 aliphatic heterocycles. The summed E-state index contributed by atoms with van der Waals surface area (Å²) in [5.74, 6) is 0. The molecule has 0 aliphatic rings. The van der Waals surface area contributed by atoms with Gasteiger partial charge in [-0.3, -0.25) is 0 Å². The van der Waals surface area contributed by atoms with E-state index in [4.69, 9.17) is 5.11 Å². The topological polar surface area (TPSA) is 20.2 Å². The van der Waals surface area contributed by atoms with E-state index in [1.807, 2.05) is 17.7 Å². The fourth-order valence-corrected chi connectivity index (χ4v) is 1.97. The molecule has 0 spiro atoms. The molecular weight excluding hydrogens is 152 g/mol. The van der Waals surface area contributed by atoms with Crippen LogP contribution in [0.3, 0.4) is 0 Å². The zero-order valence-electron chi connectivity index (χ0n) is 5.13. The Morgan fingerprint density at radius 1 is 1.78 bits per heavy atom. The summed E-state index contributed by atoms with van der Waals surface area (Å²) in [7, 11) is 0. The molecule has 50 valence electrons. The molecule has 0 amide bonds. The van der Waals surface area contributed by atoms with Gasteiger partial charge in [-0.15, -0.1) is 23.1 Å². The molecule has 1 nitrogen and oxygen atoms in total. The van der Waals surface area contributed by atoms with E-state index >= 15 is 0 Å². The van der Waals surface area contributed by atoms with Crippen LogP contribution < -0.4 is 0 Å². The lowest BCUT2D eigenvalue weighted by molar-refractivity contribution is 0.282. The second-order valence-corrected chi connectivity index (χ2v) is 3.65. The van der Waals surface area contributed by atoms with E-state index in [0.717, 1.165) is 5.56 Å². The minimum Gasteiger partial charge on any atom is -0.392 e. The Labute approximate surface area is 62.7 Å². The van der Waals surface area contributed by atoms with E-state index in [1.165, 1.54) is 4.21 Å². The Kier molecular flexibility index (Phi) is 2.57. The van der Waals surface area contributed by atoms with Crippen molar-refractivity contribution in [1.82, 2.24) is 0 Å². The third-order valence-corrected chi connectivity index (χ3v) is 3.09. The van der Waals surface area contributed by atoms with Crippen LogP contribution in [0.25, 0.3) is 0 Å². The number of thioether (sulfide) groups is 1. The first-order chi connectivity index (χ1) is 4.36. The third-order valence-electron chi connectivity index (χ3n) is 1.01. The minimum absolute atomic E-state index is 0.164. The third kappa shape index (κ3) is 1.71. The highest BCUT2D eigenvalue weighted by atomic mass is 32.2. The van der Waals surface area contributed by atoms with Crippen molar-refractivity contribution >= 4 is 23.1 Å². The van der Waals surface area contributed by atoms with Gasteiger partial charge in [0.2, 0.25) is 0 Å². The van der Waals surface area contributed by atoms with Crippen molar-refractivity contribution < 1.29 is 5.11 Å². The van der Waals surface area contributed by atoms with Crippen molar-refractivity contribution in [3.63, 3.8) is 0 Å². The average Bonchev–Trinajstić information content (AvgIpc) is 2.34. The normalized spacial score (nSPS) is 10.0. The van der Waals surface area contributed by atoms with Crippen molar-refractivity contribution in [3.8, 4) is 0 Å². The van der Waals surface area contributed by atoms with Gasteiger partial charge in [0.15, 0.2) is 0 Å². The van der Waals surface area contributed by atoms with Crippen LogP contribution in [-0.4, -0.2) is 11.4 Å². The molecule has 0 radical (unpaired) electrons. The van der Waals surface area contributed by atoms with Crippen molar-refractivity contribution in [3.05, 3.63) is 17.0 Å². The first-order valence-electron chi connectivity index (χ1n) is 2.59. The van der Waals surface area contributed by atoms with Crippen LogP contribution in [0, 0.1) is 0 Å². The fraction of sp³-hybridized carbons (Fsp3) is 0.333. The molecular formula is C6H8OS2. The number of hydrogen-bond acceptors (Lipinski definition) is 3. The molecule has 0 unspecified atom stereocenters. The van der Waals surface area contributed by atoms with Gasteiger partial charge in [-0.25, -0.2) is 0 Å². The maximum absolute atomic E-state index is 8.64. The van der Waals surface area contributed by atoms with Crippen LogP contribution in [-0.2, 0) is 6.61 Å². The van der Waals surface area contributed by atoms with Crippen LogP contribution >= 0.6 is 23.1 Å². The van der Waals surface area contributed by atoms with Crippen LogP contribution in [0.1, 0.15) is 5.56 Å². The summed E-state index contributed by atoms with van der Waals surface area (Å²) in [6.45, 7) is 0.164. The Hall–Kier alpha value is 0.01000. The van der Waals surface area contributed by atoms with Gasteiger partial charge in [0, 0.05) is 0 Å². The van der Waals surface area contributed by atoms with Crippen LogP contribution in [0.4, 0.5) is 0 Å². The Balaban J connectivity index is 2.74. The highest BCUT2D eigenvalue weighted by Gasteiger charge is 1.94. The molecule has 0 bridgehead atoms. The summed E-state index contributed by atoms with van der Waals surface area (Å²) in [6.07, 6.45) is 2.03. The lowest BCUT2D eigenvalue weighted by Crippen LogP contribution is -1.72. The molecule has 1 rings (SSSR count). The largest absolute Gasteiger partial charge is 0.392 e. The van der Waals surface area contributed by atoms with Crippen molar-refractivity contribution in [2.75, 3.05) is 6.26 Å². The quantitative estimate of drug-likeness (QED) is 0.667. The predicted octanol–water partition coefficient (Wildman–Crippen LogP) is 1.96.